The molecule has 21 heavy (non-hydrogen) atoms. The first kappa shape index (κ1) is 13.9. The Morgan fingerprint density at radius 1 is 1.19 bits per heavy atom. The summed E-state index contributed by atoms with van der Waals surface area (Å²) in [7, 11) is 1.71. The molecule has 3 aromatic rings. The number of nitrogens with one attached hydrogen (secondary N) is 2. The lowest BCUT2D eigenvalue weighted by Gasteiger charge is -2.11. The van der Waals surface area contributed by atoms with Crippen LogP contribution in [0.25, 0.3) is 10.6 Å². The van der Waals surface area contributed by atoms with Crippen LogP contribution in [-0.4, -0.2) is 17.3 Å². The Morgan fingerprint density at radius 2 is 2.10 bits per heavy atom. The molecule has 0 bridgehead atoms. The van der Waals surface area contributed by atoms with Crippen LogP contribution >= 0.6 is 11.3 Å². The summed E-state index contributed by atoms with van der Waals surface area (Å²) in [4.78, 5) is 1.20. The molecule has 0 aliphatic rings. The minimum atomic E-state index is 0.604. The average Bonchev–Trinajstić information content (AvgIpc) is 3.17. The zero-order valence-electron chi connectivity index (χ0n) is 11.8. The molecule has 0 aliphatic carbocycles. The van der Waals surface area contributed by atoms with Crippen molar-refractivity contribution in [3.05, 3.63) is 59.1 Å². The Balaban J connectivity index is 1.76. The molecule has 1 aromatic carbocycles. The summed E-state index contributed by atoms with van der Waals surface area (Å²) in [5.74, 6) is 0. The van der Waals surface area contributed by atoms with Crippen molar-refractivity contribution in [3.63, 3.8) is 0 Å². The first-order valence-corrected chi connectivity index (χ1v) is 7.63. The van der Waals surface area contributed by atoms with E-state index in [-0.39, 0.29) is 0 Å². The fraction of sp³-hybridized carbons (Fsp3) is 0.188. The van der Waals surface area contributed by atoms with Crippen LogP contribution in [0, 0.1) is 0 Å². The molecule has 3 rings (SSSR count). The van der Waals surface area contributed by atoms with E-state index in [1.165, 1.54) is 4.88 Å². The number of aromatic nitrogens is 2. The van der Waals surface area contributed by atoms with Crippen LogP contribution in [0.2, 0.25) is 0 Å². The van der Waals surface area contributed by atoms with E-state index in [4.69, 9.17) is 4.74 Å². The van der Waals surface area contributed by atoms with E-state index in [2.05, 4.69) is 39.1 Å². The number of rotatable bonds is 6. The van der Waals surface area contributed by atoms with E-state index in [0.29, 0.717) is 6.61 Å². The van der Waals surface area contributed by atoms with E-state index in [1.807, 2.05) is 24.4 Å². The lowest BCUT2D eigenvalue weighted by Crippen LogP contribution is -2.03. The van der Waals surface area contributed by atoms with Crippen LogP contribution in [0.15, 0.2) is 48.0 Å². The molecule has 108 valence electrons. The highest BCUT2D eigenvalue weighted by Gasteiger charge is 2.09. The number of H-pyrrole nitrogens is 1. The SMILES string of the molecule is COCc1ccccc1NCc1cn[nH]c1-c1cccs1. The maximum atomic E-state index is 5.23. The molecule has 0 radical (unpaired) electrons. The monoisotopic (exact) mass is 299 g/mol. The fourth-order valence-electron chi connectivity index (χ4n) is 2.24. The predicted octanol–water partition coefficient (Wildman–Crippen LogP) is 3.90. The second kappa shape index (κ2) is 6.56. The second-order valence-corrected chi connectivity index (χ2v) is 5.64. The molecule has 0 saturated carbocycles. The molecule has 2 aromatic heterocycles. The van der Waals surface area contributed by atoms with Gasteiger partial charge in [-0.2, -0.15) is 5.10 Å². The molecule has 0 spiro atoms. The van der Waals surface area contributed by atoms with Crippen LogP contribution in [0.5, 0.6) is 0 Å². The lowest BCUT2D eigenvalue weighted by atomic mass is 10.1. The summed E-state index contributed by atoms with van der Waals surface area (Å²) in [5, 5.41) is 12.8. The molecule has 0 unspecified atom stereocenters. The van der Waals surface area contributed by atoms with Gasteiger partial charge in [-0.1, -0.05) is 24.3 Å². The summed E-state index contributed by atoms with van der Waals surface area (Å²) >= 11 is 1.71. The summed E-state index contributed by atoms with van der Waals surface area (Å²) in [6.45, 7) is 1.33. The molecule has 2 N–H and O–H groups in total. The second-order valence-electron chi connectivity index (χ2n) is 4.69. The third kappa shape index (κ3) is 3.15. The van der Waals surface area contributed by atoms with Crippen molar-refractivity contribution in [1.29, 1.82) is 0 Å². The third-order valence-corrected chi connectivity index (χ3v) is 4.16. The van der Waals surface area contributed by atoms with Crippen LogP contribution in [0.3, 0.4) is 0 Å². The van der Waals surface area contributed by atoms with Crippen molar-refractivity contribution in [1.82, 2.24) is 10.2 Å². The molecule has 0 aliphatic heterocycles. The van der Waals surface area contributed by atoms with Gasteiger partial charge >= 0.3 is 0 Å². The van der Waals surface area contributed by atoms with Crippen LogP contribution in [0.4, 0.5) is 5.69 Å². The summed E-state index contributed by atoms with van der Waals surface area (Å²) in [6.07, 6.45) is 1.88. The summed E-state index contributed by atoms with van der Waals surface area (Å²) in [6, 6.07) is 12.3. The van der Waals surface area contributed by atoms with Gasteiger partial charge in [0, 0.05) is 30.5 Å². The number of aromatic amines is 1. The normalized spacial score (nSPS) is 10.7. The van der Waals surface area contributed by atoms with Gasteiger partial charge < -0.3 is 10.1 Å². The molecule has 0 amide bonds. The van der Waals surface area contributed by atoms with E-state index in [9.17, 15) is 0 Å². The standard InChI is InChI=1S/C16H17N3OS/c1-20-11-12-5-2-3-6-14(12)17-9-13-10-18-19-16(13)15-7-4-8-21-15/h2-8,10,17H,9,11H2,1H3,(H,18,19). The number of methoxy groups -OCH3 is 1. The van der Waals surface area contributed by atoms with Gasteiger partial charge in [0.15, 0.2) is 0 Å². The Kier molecular flexibility index (Phi) is 4.33. The van der Waals surface area contributed by atoms with Gasteiger partial charge in [-0.05, 0) is 17.5 Å². The van der Waals surface area contributed by atoms with Crippen molar-refractivity contribution in [2.75, 3.05) is 12.4 Å². The van der Waals surface area contributed by atoms with Gasteiger partial charge in [-0.15, -0.1) is 11.3 Å². The Bertz CT molecular complexity index is 691. The number of benzene rings is 1. The minimum absolute atomic E-state index is 0.604. The molecule has 5 heteroatoms. The van der Waals surface area contributed by atoms with Crippen molar-refractivity contribution in [2.45, 2.75) is 13.2 Å². The minimum Gasteiger partial charge on any atom is -0.381 e. The highest BCUT2D eigenvalue weighted by atomic mass is 32.1. The molecular formula is C16H17N3OS. The number of hydrogen-bond acceptors (Lipinski definition) is 4. The van der Waals surface area contributed by atoms with Gasteiger partial charge in [0.2, 0.25) is 0 Å². The first-order chi connectivity index (χ1) is 10.4. The number of para-hydroxylation sites is 1. The van der Waals surface area contributed by atoms with Crippen molar-refractivity contribution >= 4 is 17.0 Å². The van der Waals surface area contributed by atoms with Gasteiger partial charge in [0.25, 0.3) is 0 Å². The first-order valence-electron chi connectivity index (χ1n) is 6.75. The van der Waals surface area contributed by atoms with E-state index in [1.54, 1.807) is 18.4 Å². The zero-order chi connectivity index (χ0) is 14.5. The molecule has 4 nitrogen and oxygen atoms in total. The van der Waals surface area contributed by atoms with Crippen LogP contribution in [0.1, 0.15) is 11.1 Å². The maximum Gasteiger partial charge on any atom is 0.0799 e. The highest BCUT2D eigenvalue weighted by Crippen LogP contribution is 2.26. The topological polar surface area (TPSA) is 49.9 Å². The van der Waals surface area contributed by atoms with Gasteiger partial charge in [-0.3, -0.25) is 5.10 Å². The Morgan fingerprint density at radius 3 is 2.90 bits per heavy atom. The van der Waals surface area contributed by atoms with E-state index in [0.717, 1.165) is 29.1 Å². The van der Waals surface area contributed by atoms with Crippen molar-refractivity contribution in [2.24, 2.45) is 0 Å². The zero-order valence-corrected chi connectivity index (χ0v) is 12.6. The maximum absolute atomic E-state index is 5.23. The highest BCUT2D eigenvalue weighted by molar-refractivity contribution is 7.13. The molecular weight excluding hydrogens is 282 g/mol. The van der Waals surface area contributed by atoms with Gasteiger partial charge in [0.1, 0.15) is 0 Å². The van der Waals surface area contributed by atoms with E-state index >= 15 is 0 Å². The number of ether oxygens (including phenoxy) is 1. The quantitative estimate of drug-likeness (QED) is 0.726. The lowest BCUT2D eigenvalue weighted by molar-refractivity contribution is 0.185. The smallest absolute Gasteiger partial charge is 0.0799 e. The number of nitrogens with zero attached hydrogens (tertiary/aromatic N) is 1. The van der Waals surface area contributed by atoms with Crippen molar-refractivity contribution < 1.29 is 4.74 Å². The summed E-state index contributed by atoms with van der Waals surface area (Å²) < 4.78 is 5.23. The third-order valence-electron chi connectivity index (χ3n) is 3.27. The number of thiophene rings is 1. The van der Waals surface area contributed by atoms with Gasteiger partial charge in [-0.25, -0.2) is 0 Å². The molecule has 0 atom stereocenters. The largest absolute Gasteiger partial charge is 0.381 e. The Labute approximate surface area is 127 Å². The van der Waals surface area contributed by atoms with Crippen LogP contribution < -0.4 is 5.32 Å². The molecule has 0 saturated heterocycles. The molecule has 2 heterocycles. The number of hydrogen-bond donors (Lipinski definition) is 2. The van der Waals surface area contributed by atoms with Crippen LogP contribution in [-0.2, 0) is 17.9 Å². The molecule has 0 fully saturated rings. The predicted molar refractivity (Wildman–Crippen MR) is 86.4 cm³/mol. The fourth-order valence-corrected chi connectivity index (χ4v) is 3.00. The van der Waals surface area contributed by atoms with Gasteiger partial charge in [0.05, 0.1) is 23.4 Å². The van der Waals surface area contributed by atoms with Crippen molar-refractivity contribution in [3.8, 4) is 10.6 Å². The summed E-state index contributed by atoms with van der Waals surface area (Å²) in [5.41, 5.74) is 4.49. The average molecular weight is 299 g/mol. The van der Waals surface area contributed by atoms with E-state index < -0.39 is 0 Å². The number of anilines is 1. The Hall–Kier alpha value is -2.11.